The van der Waals surface area contributed by atoms with E-state index >= 15 is 0 Å². The van der Waals surface area contributed by atoms with Crippen molar-refractivity contribution in [3.05, 3.63) is 88.7 Å². The van der Waals surface area contributed by atoms with Gasteiger partial charge in [-0.1, -0.05) is 41.9 Å². The number of hydrogen-bond acceptors (Lipinski definition) is 3. The predicted octanol–water partition coefficient (Wildman–Crippen LogP) is 4.84. The van der Waals surface area contributed by atoms with Crippen LogP contribution in [0, 0.1) is 19.7 Å². The van der Waals surface area contributed by atoms with E-state index in [1.165, 1.54) is 12.1 Å². The number of nitrogens with one attached hydrogen (secondary N) is 1. The Morgan fingerprint density at radius 3 is 2.45 bits per heavy atom. The summed E-state index contributed by atoms with van der Waals surface area (Å²) >= 11 is 6.20. The second kappa shape index (κ2) is 8.73. The van der Waals surface area contributed by atoms with Crippen molar-refractivity contribution in [3.8, 4) is 11.3 Å². The van der Waals surface area contributed by atoms with Crippen LogP contribution in [0.5, 0.6) is 0 Å². The molecule has 0 radical (unpaired) electrons. The zero-order valence-electron chi connectivity index (χ0n) is 17.1. The van der Waals surface area contributed by atoms with Crippen LogP contribution in [0.15, 0.2) is 60.9 Å². The van der Waals surface area contributed by atoms with E-state index in [0.29, 0.717) is 34.3 Å². The Balaban J connectivity index is 1.65. The van der Waals surface area contributed by atoms with E-state index in [4.69, 9.17) is 11.6 Å². The molecule has 0 aliphatic heterocycles. The fraction of sp³-hybridized carbons (Fsp3) is 0.174. The van der Waals surface area contributed by atoms with Crippen LogP contribution in [0.1, 0.15) is 17.0 Å². The SMILES string of the molecule is Cc1nn(CC(=O)Nc2c(-c3ccc(F)cc3)ncn2Cc2ccccc2)c(C)c1Cl. The lowest BCUT2D eigenvalue weighted by molar-refractivity contribution is -0.117. The Kier molecular flexibility index (Phi) is 5.86. The molecular weight excluding hydrogens is 417 g/mol. The first kappa shape index (κ1) is 20.8. The molecular formula is C23H21ClFN5O. The third-order valence-corrected chi connectivity index (χ3v) is 5.54. The average molecular weight is 438 g/mol. The number of carbonyl (C=O) groups is 1. The summed E-state index contributed by atoms with van der Waals surface area (Å²) in [7, 11) is 0. The summed E-state index contributed by atoms with van der Waals surface area (Å²) in [5.74, 6) is -0.0620. The lowest BCUT2D eigenvalue weighted by atomic mass is 10.1. The number of anilines is 1. The monoisotopic (exact) mass is 437 g/mol. The number of nitrogens with zero attached hydrogens (tertiary/aromatic N) is 4. The minimum atomic E-state index is -0.334. The molecule has 0 saturated carbocycles. The van der Waals surface area contributed by atoms with Gasteiger partial charge in [-0.25, -0.2) is 9.37 Å². The molecule has 0 bridgehead atoms. The molecule has 0 aliphatic carbocycles. The molecule has 0 atom stereocenters. The molecule has 0 spiro atoms. The van der Waals surface area contributed by atoms with Gasteiger partial charge in [0.15, 0.2) is 0 Å². The van der Waals surface area contributed by atoms with E-state index in [-0.39, 0.29) is 18.3 Å². The average Bonchev–Trinajstić information content (AvgIpc) is 3.25. The molecule has 4 aromatic rings. The van der Waals surface area contributed by atoms with E-state index in [1.807, 2.05) is 41.8 Å². The van der Waals surface area contributed by atoms with Crippen LogP contribution in [0.2, 0.25) is 5.02 Å². The van der Waals surface area contributed by atoms with E-state index in [2.05, 4.69) is 15.4 Å². The molecule has 4 rings (SSSR count). The zero-order chi connectivity index (χ0) is 22.0. The Morgan fingerprint density at radius 1 is 1.10 bits per heavy atom. The first-order valence-electron chi connectivity index (χ1n) is 9.76. The molecule has 6 nitrogen and oxygen atoms in total. The maximum atomic E-state index is 13.4. The minimum absolute atomic E-state index is 0.0127. The molecule has 1 N–H and O–H groups in total. The topological polar surface area (TPSA) is 64.7 Å². The fourth-order valence-electron chi connectivity index (χ4n) is 3.37. The molecule has 8 heteroatoms. The van der Waals surface area contributed by atoms with Gasteiger partial charge in [0.05, 0.1) is 29.3 Å². The van der Waals surface area contributed by atoms with Crippen LogP contribution in [-0.2, 0) is 17.9 Å². The number of carbonyl (C=O) groups excluding carboxylic acids is 1. The highest BCUT2D eigenvalue weighted by atomic mass is 35.5. The number of amides is 1. The first-order chi connectivity index (χ1) is 14.9. The molecule has 1 amide bonds. The number of aromatic nitrogens is 4. The minimum Gasteiger partial charge on any atom is -0.312 e. The molecule has 2 aromatic heterocycles. The molecule has 0 fully saturated rings. The van der Waals surface area contributed by atoms with Crippen molar-refractivity contribution in [2.24, 2.45) is 0 Å². The summed E-state index contributed by atoms with van der Waals surface area (Å²) in [4.78, 5) is 17.4. The largest absolute Gasteiger partial charge is 0.312 e. The Labute approximate surface area is 184 Å². The number of aryl methyl sites for hydroxylation is 1. The summed E-state index contributed by atoms with van der Waals surface area (Å²) in [6, 6.07) is 15.9. The zero-order valence-corrected chi connectivity index (χ0v) is 17.9. The molecule has 0 aliphatic rings. The number of halogens is 2. The van der Waals surface area contributed by atoms with Gasteiger partial charge >= 0.3 is 0 Å². The van der Waals surface area contributed by atoms with Crippen LogP contribution < -0.4 is 5.32 Å². The third kappa shape index (κ3) is 4.51. The Morgan fingerprint density at radius 2 is 1.81 bits per heavy atom. The Hall–Kier alpha value is -3.45. The quantitative estimate of drug-likeness (QED) is 0.469. The summed E-state index contributed by atoms with van der Waals surface area (Å²) in [5.41, 5.74) is 3.73. The summed E-state index contributed by atoms with van der Waals surface area (Å²) in [6.07, 6.45) is 1.67. The van der Waals surface area contributed by atoms with Gasteiger partial charge < -0.3 is 9.88 Å². The van der Waals surface area contributed by atoms with Gasteiger partial charge in [0, 0.05) is 5.56 Å². The van der Waals surface area contributed by atoms with E-state index in [0.717, 1.165) is 11.3 Å². The summed E-state index contributed by atoms with van der Waals surface area (Å²) in [5, 5.41) is 7.83. The van der Waals surface area contributed by atoms with Crippen LogP contribution in [0.4, 0.5) is 10.2 Å². The number of hydrogen-bond donors (Lipinski definition) is 1. The molecule has 31 heavy (non-hydrogen) atoms. The molecule has 0 unspecified atom stereocenters. The van der Waals surface area contributed by atoms with Gasteiger partial charge in [0.1, 0.15) is 23.9 Å². The lowest BCUT2D eigenvalue weighted by Crippen LogP contribution is -2.22. The molecule has 0 saturated heterocycles. The van der Waals surface area contributed by atoms with Gasteiger partial charge in [-0.05, 0) is 43.7 Å². The van der Waals surface area contributed by atoms with Gasteiger partial charge in [-0.15, -0.1) is 0 Å². The normalized spacial score (nSPS) is 11.0. The van der Waals surface area contributed by atoms with Crippen LogP contribution in [0.3, 0.4) is 0 Å². The highest BCUT2D eigenvalue weighted by Crippen LogP contribution is 2.28. The fourth-order valence-corrected chi connectivity index (χ4v) is 3.50. The second-order valence-electron chi connectivity index (χ2n) is 7.25. The summed E-state index contributed by atoms with van der Waals surface area (Å²) < 4.78 is 16.8. The van der Waals surface area contributed by atoms with Crippen molar-refractivity contribution in [2.45, 2.75) is 26.9 Å². The first-order valence-corrected chi connectivity index (χ1v) is 10.1. The predicted molar refractivity (Wildman–Crippen MR) is 119 cm³/mol. The standard InChI is InChI=1S/C23H21ClFN5O/c1-15-21(24)16(2)30(28-15)13-20(31)27-23-22(18-8-10-19(25)11-9-18)26-14-29(23)12-17-6-4-3-5-7-17/h3-11,14H,12-13H2,1-2H3,(H,27,31). The third-order valence-electron chi connectivity index (χ3n) is 5.00. The lowest BCUT2D eigenvalue weighted by Gasteiger charge is -2.13. The van der Waals surface area contributed by atoms with Crippen molar-refractivity contribution >= 4 is 23.3 Å². The number of rotatable bonds is 6. The highest BCUT2D eigenvalue weighted by molar-refractivity contribution is 6.31. The number of imidazole rings is 1. The second-order valence-corrected chi connectivity index (χ2v) is 7.63. The van der Waals surface area contributed by atoms with Gasteiger partial charge in [-0.3, -0.25) is 9.48 Å². The van der Waals surface area contributed by atoms with Crippen LogP contribution in [-0.4, -0.2) is 25.2 Å². The van der Waals surface area contributed by atoms with Crippen LogP contribution >= 0.6 is 11.6 Å². The van der Waals surface area contributed by atoms with Gasteiger partial charge in [0.2, 0.25) is 5.91 Å². The van der Waals surface area contributed by atoms with E-state index in [1.54, 1.807) is 30.1 Å². The Bertz CT molecular complexity index is 1220. The smallest absolute Gasteiger partial charge is 0.247 e. The molecule has 2 aromatic carbocycles. The van der Waals surface area contributed by atoms with Crippen molar-refractivity contribution in [3.63, 3.8) is 0 Å². The maximum absolute atomic E-state index is 13.4. The molecule has 2 heterocycles. The van der Waals surface area contributed by atoms with Crippen molar-refractivity contribution < 1.29 is 9.18 Å². The van der Waals surface area contributed by atoms with Gasteiger partial charge in [0.25, 0.3) is 0 Å². The summed E-state index contributed by atoms with van der Waals surface area (Å²) in [6.45, 7) is 4.15. The van der Waals surface area contributed by atoms with Crippen molar-refractivity contribution in [2.75, 3.05) is 5.32 Å². The maximum Gasteiger partial charge on any atom is 0.247 e. The van der Waals surface area contributed by atoms with E-state index < -0.39 is 0 Å². The highest BCUT2D eigenvalue weighted by Gasteiger charge is 2.18. The van der Waals surface area contributed by atoms with Crippen molar-refractivity contribution in [1.82, 2.24) is 19.3 Å². The van der Waals surface area contributed by atoms with E-state index in [9.17, 15) is 9.18 Å². The van der Waals surface area contributed by atoms with Crippen LogP contribution in [0.25, 0.3) is 11.3 Å². The molecule has 158 valence electrons. The van der Waals surface area contributed by atoms with Gasteiger partial charge in [-0.2, -0.15) is 5.10 Å². The number of benzene rings is 2. The van der Waals surface area contributed by atoms with Crippen molar-refractivity contribution in [1.29, 1.82) is 0 Å².